The number of benzene rings is 1. The molecule has 1 unspecified atom stereocenters. The molecule has 0 radical (unpaired) electrons. The summed E-state index contributed by atoms with van der Waals surface area (Å²) in [5, 5.41) is 15.8. The Bertz CT molecular complexity index is 1300. The summed E-state index contributed by atoms with van der Waals surface area (Å²) in [4.78, 5) is 30.1. The fraction of sp³-hybridized carbons (Fsp3) is 0.364. The Morgan fingerprint density at radius 1 is 1.19 bits per heavy atom. The molecule has 1 atom stereocenters. The average molecular weight is 563 g/mol. The molecule has 1 aromatic carbocycles. The van der Waals surface area contributed by atoms with E-state index >= 15 is 0 Å². The van der Waals surface area contributed by atoms with Gasteiger partial charge in [-0.1, -0.05) is 28.4 Å². The molecular weight excluding hydrogens is 547 g/mol. The zero-order valence-electron chi connectivity index (χ0n) is 18.2. The van der Waals surface area contributed by atoms with Crippen LogP contribution in [0.25, 0.3) is 0 Å². The van der Waals surface area contributed by atoms with Crippen molar-refractivity contribution < 1.29 is 32.0 Å². The van der Waals surface area contributed by atoms with Crippen LogP contribution >= 0.6 is 34.5 Å². The smallest absolute Gasteiger partial charge is 0.374 e. The molecule has 190 valence electrons. The summed E-state index contributed by atoms with van der Waals surface area (Å²) in [5.74, 6) is -2.17. The molecule has 0 bridgehead atoms. The summed E-state index contributed by atoms with van der Waals surface area (Å²) < 4.78 is 56.9. The number of amides is 2. The van der Waals surface area contributed by atoms with E-state index in [0.29, 0.717) is 35.3 Å². The monoisotopic (exact) mass is 562 g/mol. The zero-order valence-corrected chi connectivity index (χ0v) is 20.5. The van der Waals surface area contributed by atoms with Crippen LogP contribution in [0.15, 0.2) is 17.3 Å². The lowest BCUT2D eigenvalue weighted by Crippen LogP contribution is -2.42. The Morgan fingerprint density at radius 2 is 1.86 bits per heavy atom. The minimum absolute atomic E-state index is 0.0159. The van der Waals surface area contributed by atoms with Gasteiger partial charge in [-0.15, -0.1) is 11.3 Å². The number of alkyl halides is 3. The maximum absolute atomic E-state index is 14.3. The van der Waals surface area contributed by atoms with Crippen LogP contribution < -0.4 is 10.6 Å². The number of hydrogen-bond donors (Lipinski definition) is 2. The summed E-state index contributed by atoms with van der Waals surface area (Å²) in [6.07, 6.45) is -3.93. The topological polar surface area (TPSA) is 104 Å². The number of carbonyl (C=O) groups is 2. The van der Waals surface area contributed by atoms with E-state index in [9.17, 15) is 27.2 Å². The lowest BCUT2D eigenvalue weighted by molar-refractivity contribution is -0.275. The third kappa shape index (κ3) is 4.63. The highest BCUT2D eigenvalue weighted by Gasteiger charge is 2.63. The summed E-state index contributed by atoms with van der Waals surface area (Å²) in [6.45, 7) is -0.575. The van der Waals surface area contributed by atoms with Gasteiger partial charge in [0.1, 0.15) is 12.3 Å². The van der Waals surface area contributed by atoms with E-state index in [-0.39, 0.29) is 23.7 Å². The maximum Gasteiger partial charge on any atom is 0.435 e. The molecule has 2 amide bonds. The van der Waals surface area contributed by atoms with Crippen molar-refractivity contribution in [3.05, 3.63) is 54.4 Å². The normalized spacial score (nSPS) is 18.8. The number of nitrogens with one attached hydrogen (secondary N) is 2. The third-order valence-corrected chi connectivity index (χ3v) is 7.72. The van der Waals surface area contributed by atoms with Crippen LogP contribution in [0.4, 0.5) is 17.6 Å². The van der Waals surface area contributed by atoms with E-state index < -0.39 is 51.4 Å². The van der Waals surface area contributed by atoms with E-state index in [1.807, 2.05) is 0 Å². The molecule has 1 aliphatic carbocycles. The van der Waals surface area contributed by atoms with Gasteiger partial charge >= 0.3 is 6.18 Å². The Kier molecular flexibility index (Phi) is 7.19. The summed E-state index contributed by atoms with van der Waals surface area (Å²) >= 11 is 12.5. The molecule has 4 rings (SSSR count). The van der Waals surface area contributed by atoms with Gasteiger partial charge in [-0.2, -0.15) is 18.4 Å². The quantitative estimate of drug-likeness (QED) is 0.304. The predicted molar refractivity (Wildman–Crippen MR) is 124 cm³/mol. The van der Waals surface area contributed by atoms with Gasteiger partial charge in [0.05, 0.1) is 38.8 Å². The number of oxime groups is 1. The number of nitrogens with zero attached hydrogens (tertiary/aromatic N) is 2. The van der Waals surface area contributed by atoms with Crippen LogP contribution in [-0.4, -0.2) is 36.8 Å². The fourth-order valence-corrected chi connectivity index (χ4v) is 5.92. The number of carbonyl (C=O) groups excluding carboxylic acids is 2. The molecule has 2 N–H and O–H groups in total. The van der Waals surface area contributed by atoms with Crippen molar-refractivity contribution in [3.63, 3.8) is 0 Å². The van der Waals surface area contributed by atoms with E-state index in [0.717, 1.165) is 23.5 Å². The highest BCUT2D eigenvalue weighted by molar-refractivity contribution is 7.16. The number of nitriles is 1. The minimum Gasteiger partial charge on any atom is -0.374 e. The molecule has 7 nitrogen and oxygen atoms in total. The number of halogens is 6. The van der Waals surface area contributed by atoms with E-state index in [4.69, 9.17) is 33.3 Å². The Balaban J connectivity index is 1.64. The average Bonchev–Trinajstić information content (AvgIpc) is 3.54. The summed E-state index contributed by atoms with van der Waals surface area (Å²) in [7, 11) is 0. The second kappa shape index (κ2) is 9.88. The molecule has 2 aromatic rings. The molecular formula is C22H16Cl2F4N4O3S. The molecule has 0 fully saturated rings. The van der Waals surface area contributed by atoms with Crippen LogP contribution in [0.5, 0.6) is 0 Å². The number of fused-ring (bicyclic) bond motifs is 1. The van der Waals surface area contributed by atoms with E-state index in [2.05, 4.69) is 15.8 Å². The molecule has 0 spiro atoms. The molecule has 14 heteroatoms. The fourth-order valence-electron chi connectivity index (χ4n) is 4.14. The van der Waals surface area contributed by atoms with Crippen molar-refractivity contribution in [1.82, 2.24) is 10.6 Å². The van der Waals surface area contributed by atoms with Crippen LogP contribution in [0.2, 0.25) is 10.0 Å². The summed E-state index contributed by atoms with van der Waals surface area (Å²) in [6, 6.07) is 3.36. The lowest BCUT2D eigenvalue weighted by Gasteiger charge is -2.29. The van der Waals surface area contributed by atoms with Gasteiger partial charge in [0.15, 0.2) is 5.82 Å². The first-order chi connectivity index (χ1) is 17.0. The van der Waals surface area contributed by atoms with E-state index in [1.165, 1.54) is 0 Å². The van der Waals surface area contributed by atoms with Gasteiger partial charge in [0.2, 0.25) is 5.91 Å². The van der Waals surface area contributed by atoms with Crippen LogP contribution in [0.1, 0.15) is 44.1 Å². The predicted octanol–water partition coefficient (Wildman–Crippen LogP) is 4.63. The molecule has 2 aliphatic rings. The molecule has 36 heavy (non-hydrogen) atoms. The first-order valence-corrected chi connectivity index (χ1v) is 12.1. The van der Waals surface area contributed by atoms with Gasteiger partial charge in [-0.25, -0.2) is 4.39 Å². The van der Waals surface area contributed by atoms with Gasteiger partial charge < -0.3 is 15.5 Å². The standard InChI is InChI=1S/C22H16Cl2F4N4O3S/c23-13-6-10(7-14(24)17(13)25)21(22(26,27)28)8-15(32-35-21)18-11-2-1-3-12(11)19(36-18)20(34)31-9-16(33)30-5-4-29/h6-7H,1-3,5,8-9H2,(H,30,33)(H,31,34). The summed E-state index contributed by atoms with van der Waals surface area (Å²) in [5.41, 5.74) is -2.07. The largest absolute Gasteiger partial charge is 0.435 e. The molecule has 1 aliphatic heterocycles. The maximum atomic E-state index is 14.3. The molecule has 0 saturated carbocycles. The second-order valence-electron chi connectivity index (χ2n) is 8.07. The van der Waals surface area contributed by atoms with Gasteiger partial charge in [-0.05, 0) is 42.5 Å². The minimum atomic E-state index is -4.96. The SMILES string of the molecule is N#CCNC(=O)CNC(=O)c1sc(C2=NOC(c3cc(Cl)c(F)c(Cl)c3)(C(F)(F)F)C2)c2c1CCC2. The zero-order chi connectivity index (χ0) is 26.3. The van der Waals surface area contributed by atoms with Gasteiger partial charge in [0, 0.05) is 5.56 Å². The van der Waals surface area contributed by atoms with Crippen LogP contribution in [0.3, 0.4) is 0 Å². The molecule has 0 saturated heterocycles. The first kappa shape index (κ1) is 26.2. The van der Waals surface area contributed by atoms with Gasteiger partial charge in [0.25, 0.3) is 11.5 Å². The second-order valence-corrected chi connectivity index (χ2v) is 9.91. The molecule has 2 heterocycles. The van der Waals surface area contributed by atoms with Crippen molar-refractivity contribution in [3.8, 4) is 6.07 Å². The number of thiophene rings is 1. The molecule has 1 aromatic heterocycles. The number of rotatable bonds is 6. The van der Waals surface area contributed by atoms with Crippen LogP contribution in [0, 0.1) is 17.1 Å². The Hall–Kier alpha value is -2.88. The van der Waals surface area contributed by atoms with E-state index in [1.54, 1.807) is 6.07 Å². The van der Waals surface area contributed by atoms with Crippen molar-refractivity contribution in [1.29, 1.82) is 5.26 Å². The van der Waals surface area contributed by atoms with Crippen molar-refractivity contribution in [2.24, 2.45) is 5.16 Å². The first-order valence-electron chi connectivity index (χ1n) is 10.5. The van der Waals surface area contributed by atoms with Crippen molar-refractivity contribution in [2.75, 3.05) is 13.1 Å². The highest BCUT2D eigenvalue weighted by atomic mass is 35.5. The van der Waals surface area contributed by atoms with Crippen LogP contribution in [-0.2, 0) is 28.1 Å². The van der Waals surface area contributed by atoms with Crippen molar-refractivity contribution >= 4 is 52.1 Å². The number of hydrogen-bond acceptors (Lipinski definition) is 6. The Morgan fingerprint density at radius 3 is 2.50 bits per heavy atom. The highest BCUT2D eigenvalue weighted by Crippen LogP contribution is 2.51. The lowest BCUT2D eigenvalue weighted by atomic mass is 9.87. The van der Waals surface area contributed by atoms with Crippen molar-refractivity contribution in [2.45, 2.75) is 37.5 Å². The van der Waals surface area contributed by atoms with Gasteiger partial charge in [-0.3, -0.25) is 9.59 Å². The third-order valence-electron chi connectivity index (χ3n) is 5.85. The Labute approximate surface area is 216 Å².